The average Bonchev–Trinajstić information content (AvgIpc) is 2.27. The quantitative estimate of drug-likeness (QED) is 0.469. The van der Waals surface area contributed by atoms with E-state index in [1.54, 1.807) is 11.9 Å². The molecule has 0 spiro atoms. The van der Waals surface area contributed by atoms with Gasteiger partial charge in [-0.2, -0.15) is 0 Å². The maximum absolute atomic E-state index is 11.8. The van der Waals surface area contributed by atoms with Crippen molar-refractivity contribution in [3.63, 3.8) is 0 Å². The van der Waals surface area contributed by atoms with Crippen LogP contribution in [0.2, 0.25) is 0 Å². The predicted octanol–water partition coefficient (Wildman–Crippen LogP) is 2.84. The second kappa shape index (κ2) is 8.34. The molecule has 0 unspecified atom stereocenters. The molecule has 0 aliphatic rings. The molecule has 0 rings (SSSR count). The highest BCUT2D eigenvalue weighted by molar-refractivity contribution is 5.91. The van der Waals surface area contributed by atoms with Crippen molar-refractivity contribution < 1.29 is 4.79 Å². The SMILES string of the molecule is C=C(C)C(=O)N(C)N(CCCC)CCCC. The third-order valence-corrected chi connectivity index (χ3v) is 2.62. The van der Waals surface area contributed by atoms with Crippen molar-refractivity contribution >= 4 is 5.91 Å². The van der Waals surface area contributed by atoms with E-state index in [4.69, 9.17) is 0 Å². The molecule has 0 saturated heterocycles. The third-order valence-electron chi connectivity index (χ3n) is 2.62. The summed E-state index contributed by atoms with van der Waals surface area (Å²) in [4.78, 5) is 11.8. The van der Waals surface area contributed by atoms with Crippen LogP contribution >= 0.6 is 0 Å². The van der Waals surface area contributed by atoms with E-state index in [9.17, 15) is 4.79 Å². The summed E-state index contributed by atoms with van der Waals surface area (Å²) in [6.07, 6.45) is 4.55. The molecule has 0 N–H and O–H groups in total. The Morgan fingerprint density at radius 1 is 1.12 bits per heavy atom. The van der Waals surface area contributed by atoms with Crippen LogP contribution < -0.4 is 0 Å². The maximum Gasteiger partial charge on any atom is 0.262 e. The summed E-state index contributed by atoms with van der Waals surface area (Å²) in [7, 11) is 1.84. The molecule has 94 valence electrons. The van der Waals surface area contributed by atoms with Gasteiger partial charge >= 0.3 is 0 Å². The number of unbranched alkanes of at least 4 members (excludes halogenated alkanes) is 2. The van der Waals surface area contributed by atoms with Gasteiger partial charge in [0.1, 0.15) is 0 Å². The van der Waals surface area contributed by atoms with Gasteiger partial charge in [0.15, 0.2) is 0 Å². The van der Waals surface area contributed by atoms with Crippen LogP contribution in [0.5, 0.6) is 0 Å². The smallest absolute Gasteiger partial charge is 0.262 e. The van der Waals surface area contributed by atoms with E-state index >= 15 is 0 Å². The van der Waals surface area contributed by atoms with Gasteiger partial charge in [0.05, 0.1) is 0 Å². The minimum absolute atomic E-state index is 0.0206. The highest BCUT2D eigenvalue weighted by atomic mass is 16.2. The standard InChI is InChI=1S/C13H26N2O/c1-6-8-10-15(11-9-7-2)14(5)13(16)12(3)4/h3,6-11H2,1-2,4-5H3. The van der Waals surface area contributed by atoms with E-state index < -0.39 is 0 Å². The number of hydrogen-bond acceptors (Lipinski definition) is 2. The summed E-state index contributed by atoms with van der Waals surface area (Å²) in [5.41, 5.74) is 0.598. The predicted molar refractivity (Wildman–Crippen MR) is 69.0 cm³/mol. The Morgan fingerprint density at radius 3 is 1.88 bits per heavy atom. The largest absolute Gasteiger partial charge is 0.275 e. The summed E-state index contributed by atoms with van der Waals surface area (Å²) in [5, 5.41) is 3.84. The van der Waals surface area contributed by atoms with Crippen molar-refractivity contribution in [3.05, 3.63) is 12.2 Å². The monoisotopic (exact) mass is 226 g/mol. The summed E-state index contributed by atoms with van der Waals surface area (Å²) in [5.74, 6) is 0.0206. The lowest BCUT2D eigenvalue weighted by atomic mass is 10.3. The van der Waals surface area contributed by atoms with E-state index in [0.717, 1.165) is 38.8 Å². The van der Waals surface area contributed by atoms with Crippen molar-refractivity contribution in [2.24, 2.45) is 0 Å². The fraction of sp³-hybridized carbons (Fsp3) is 0.769. The summed E-state index contributed by atoms with van der Waals surface area (Å²) >= 11 is 0. The minimum atomic E-state index is 0.0206. The van der Waals surface area contributed by atoms with Gasteiger partial charge in [-0.1, -0.05) is 33.3 Å². The lowest BCUT2D eigenvalue weighted by molar-refractivity contribution is -0.141. The van der Waals surface area contributed by atoms with Crippen LogP contribution in [-0.4, -0.2) is 36.1 Å². The maximum atomic E-state index is 11.8. The third kappa shape index (κ3) is 5.31. The van der Waals surface area contributed by atoms with Gasteiger partial charge in [0, 0.05) is 25.7 Å². The Bertz CT molecular complexity index is 218. The van der Waals surface area contributed by atoms with Gasteiger partial charge in [-0.25, -0.2) is 5.01 Å². The summed E-state index contributed by atoms with van der Waals surface area (Å²) in [6, 6.07) is 0. The van der Waals surface area contributed by atoms with Crippen LogP contribution in [0.4, 0.5) is 0 Å². The van der Waals surface area contributed by atoms with Gasteiger partial charge < -0.3 is 0 Å². The Kier molecular flexibility index (Phi) is 7.90. The van der Waals surface area contributed by atoms with Gasteiger partial charge in [-0.05, 0) is 19.8 Å². The number of carbonyl (C=O) groups excluding carboxylic acids is 1. The first-order chi connectivity index (χ1) is 7.54. The Hall–Kier alpha value is -0.830. The molecule has 0 atom stereocenters. The molecule has 0 aromatic heterocycles. The molecule has 3 heteroatoms. The molecule has 3 nitrogen and oxygen atoms in total. The van der Waals surface area contributed by atoms with E-state index in [-0.39, 0.29) is 5.91 Å². The lowest BCUT2D eigenvalue weighted by Gasteiger charge is -2.32. The van der Waals surface area contributed by atoms with Crippen molar-refractivity contribution in [3.8, 4) is 0 Å². The zero-order valence-corrected chi connectivity index (χ0v) is 11.3. The zero-order chi connectivity index (χ0) is 12.6. The molecule has 0 aromatic rings. The topological polar surface area (TPSA) is 23.6 Å². The molecule has 0 bridgehead atoms. The first kappa shape index (κ1) is 15.2. The van der Waals surface area contributed by atoms with E-state index in [2.05, 4.69) is 25.4 Å². The number of amides is 1. The summed E-state index contributed by atoms with van der Waals surface area (Å²) < 4.78 is 0. The highest BCUT2D eigenvalue weighted by Gasteiger charge is 2.16. The lowest BCUT2D eigenvalue weighted by Crippen LogP contribution is -2.45. The second-order valence-electron chi connectivity index (χ2n) is 4.27. The Balaban J connectivity index is 4.35. The van der Waals surface area contributed by atoms with E-state index in [1.165, 1.54) is 0 Å². The minimum Gasteiger partial charge on any atom is -0.275 e. The van der Waals surface area contributed by atoms with E-state index in [0.29, 0.717) is 5.57 Å². The normalized spacial score (nSPS) is 10.6. The fourth-order valence-corrected chi connectivity index (χ4v) is 1.50. The molecular weight excluding hydrogens is 200 g/mol. The number of hydrazine groups is 1. The van der Waals surface area contributed by atoms with Crippen LogP contribution in [0.15, 0.2) is 12.2 Å². The van der Waals surface area contributed by atoms with Crippen LogP contribution in [0.1, 0.15) is 46.5 Å². The van der Waals surface area contributed by atoms with Gasteiger partial charge in [-0.15, -0.1) is 0 Å². The zero-order valence-electron chi connectivity index (χ0n) is 11.3. The molecule has 1 amide bonds. The average molecular weight is 226 g/mol. The molecule has 0 saturated carbocycles. The second-order valence-corrected chi connectivity index (χ2v) is 4.27. The van der Waals surface area contributed by atoms with Crippen LogP contribution in [0.3, 0.4) is 0 Å². The number of likely N-dealkylation sites (N-methyl/N-ethyl adjacent to an activating group) is 1. The summed E-state index contributed by atoms with van der Waals surface area (Å²) in [6.45, 7) is 11.7. The number of nitrogens with zero attached hydrogens (tertiary/aromatic N) is 2. The van der Waals surface area contributed by atoms with Gasteiger partial charge in [0.2, 0.25) is 0 Å². The molecule has 0 aliphatic heterocycles. The molecule has 0 heterocycles. The molecular formula is C13H26N2O. The van der Waals surface area contributed by atoms with Gasteiger partial charge in [-0.3, -0.25) is 9.80 Å². The van der Waals surface area contributed by atoms with E-state index in [1.807, 2.05) is 7.05 Å². The first-order valence-corrected chi connectivity index (χ1v) is 6.23. The molecule has 0 fully saturated rings. The van der Waals surface area contributed by atoms with Crippen LogP contribution in [0, 0.1) is 0 Å². The van der Waals surface area contributed by atoms with Crippen molar-refractivity contribution in [1.29, 1.82) is 0 Å². The first-order valence-electron chi connectivity index (χ1n) is 6.23. The Labute approximate surface area is 100 Å². The van der Waals surface area contributed by atoms with Crippen molar-refractivity contribution in [2.45, 2.75) is 46.5 Å². The molecule has 0 radical (unpaired) electrons. The van der Waals surface area contributed by atoms with Crippen LogP contribution in [-0.2, 0) is 4.79 Å². The van der Waals surface area contributed by atoms with Gasteiger partial charge in [0.25, 0.3) is 5.91 Å². The molecule has 0 aliphatic carbocycles. The van der Waals surface area contributed by atoms with Crippen LogP contribution in [0.25, 0.3) is 0 Å². The fourth-order valence-electron chi connectivity index (χ4n) is 1.50. The molecule has 16 heavy (non-hydrogen) atoms. The van der Waals surface area contributed by atoms with Crippen molar-refractivity contribution in [1.82, 2.24) is 10.0 Å². The Morgan fingerprint density at radius 2 is 1.56 bits per heavy atom. The number of rotatable bonds is 8. The molecule has 0 aromatic carbocycles. The highest BCUT2D eigenvalue weighted by Crippen LogP contribution is 2.05. The number of carbonyl (C=O) groups is 1. The number of hydrogen-bond donors (Lipinski definition) is 0. The van der Waals surface area contributed by atoms with Crippen molar-refractivity contribution in [2.75, 3.05) is 20.1 Å².